The summed E-state index contributed by atoms with van der Waals surface area (Å²) in [5.74, 6) is -2.04. The molecule has 0 spiro atoms. The fourth-order valence-corrected chi connectivity index (χ4v) is 2.65. The molecule has 0 fully saturated rings. The Labute approximate surface area is 133 Å². The van der Waals surface area contributed by atoms with Gasteiger partial charge in [0.2, 0.25) is 0 Å². The Hall–Kier alpha value is -2.50. The van der Waals surface area contributed by atoms with Crippen LogP contribution in [0.4, 0.5) is 4.39 Å². The predicted molar refractivity (Wildman–Crippen MR) is 84.7 cm³/mol. The number of carboxylic acids is 1. The summed E-state index contributed by atoms with van der Waals surface area (Å²) in [6, 6.07) is 5.77. The van der Waals surface area contributed by atoms with E-state index in [0.717, 1.165) is 6.07 Å². The molecule has 23 heavy (non-hydrogen) atoms. The van der Waals surface area contributed by atoms with Crippen molar-refractivity contribution in [2.24, 2.45) is 0 Å². The first-order chi connectivity index (χ1) is 10.9. The number of fused-ring (bicyclic) bond motifs is 1. The third kappa shape index (κ3) is 3.64. The van der Waals surface area contributed by atoms with Gasteiger partial charge in [0.25, 0.3) is 5.91 Å². The molecule has 122 valence electrons. The summed E-state index contributed by atoms with van der Waals surface area (Å²) in [5.41, 5.74) is -0.365. The van der Waals surface area contributed by atoms with Gasteiger partial charge in [-0.15, -0.1) is 0 Å². The van der Waals surface area contributed by atoms with Crippen molar-refractivity contribution in [3.8, 4) is 0 Å². The van der Waals surface area contributed by atoms with Crippen LogP contribution in [0.2, 0.25) is 0 Å². The molecule has 0 aliphatic heterocycles. The summed E-state index contributed by atoms with van der Waals surface area (Å²) < 4.78 is 13.8. The highest BCUT2D eigenvalue weighted by Gasteiger charge is 2.32. The number of carbonyl (C=O) groups is 2. The highest BCUT2D eigenvalue weighted by atomic mass is 19.1. The van der Waals surface area contributed by atoms with Gasteiger partial charge >= 0.3 is 5.97 Å². The second kappa shape index (κ2) is 6.73. The average molecular weight is 318 g/mol. The van der Waals surface area contributed by atoms with Crippen LogP contribution in [0.25, 0.3) is 10.9 Å². The number of carbonyl (C=O) groups excluding carboxylic acids is 1. The molecule has 0 atom stereocenters. The molecular weight excluding hydrogens is 299 g/mol. The van der Waals surface area contributed by atoms with Gasteiger partial charge < -0.3 is 10.4 Å². The van der Waals surface area contributed by atoms with Crippen LogP contribution in [0.1, 0.15) is 43.5 Å². The largest absolute Gasteiger partial charge is 0.481 e. The van der Waals surface area contributed by atoms with Crippen molar-refractivity contribution in [3.63, 3.8) is 0 Å². The monoisotopic (exact) mass is 318 g/mol. The minimum absolute atomic E-state index is 0.109. The lowest BCUT2D eigenvalue weighted by Gasteiger charge is -2.31. The molecule has 2 N–H and O–H groups in total. The Morgan fingerprint density at radius 1 is 1.30 bits per heavy atom. The number of hydrogen-bond donors (Lipinski definition) is 2. The number of amides is 1. The van der Waals surface area contributed by atoms with E-state index in [4.69, 9.17) is 5.11 Å². The lowest BCUT2D eigenvalue weighted by atomic mass is 9.88. The van der Waals surface area contributed by atoms with Crippen LogP contribution in [-0.2, 0) is 4.79 Å². The van der Waals surface area contributed by atoms with Gasteiger partial charge in [0.1, 0.15) is 5.82 Å². The quantitative estimate of drug-likeness (QED) is 0.857. The van der Waals surface area contributed by atoms with E-state index in [2.05, 4.69) is 10.3 Å². The fraction of sp³-hybridized carbons (Fsp3) is 0.353. The standard InChI is InChI=1S/C17H19FN2O3/c1-3-17(4-2,10-14(21)22)20-16(23)13-9-12(18)8-11-6-5-7-19-15(11)13/h5-9H,3-4,10H2,1-2H3,(H,20,23)(H,21,22). The van der Waals surface area contributed by atoms with E-state index in [1.807, 2.05) is 13.8 Å². The lowest BCUT2D eigenvalue weighted by molar-refractivity contribution is -0.138. The first-order valence-electron chi connectivity index (χ1n) is 7.49. The predicted octanol–water partition coefficient (Wildman–Crippen LogP) is 3.14. The smallest absolute Gasteiger partial charge is 0.305 e. The van der Waals surface area contributed by atoms with Crippen LogP contribution >= 0.6 is 0 Å². The molecule has 0 bridgehead atoms. The van der Waals surface area contributed by atoms with Gasteiger partial charge in [-0.3, -0.25) is 14.6 Å². The van der Waals surface area contributed by atoms with Gasteiger partial charge in [0, 0.05) is 11.6 Å². The first-order valence-corrected chi connectivity index (χ1v) is 7.49. The Bertz CT molecular complexity index is 742. The van der Waals surface area contributed by atoms with Crippen LogP contribution in [0.3, 0.4) is 0 Å². The zero-order valence-electron chi connectivity index (χ0n) is 13.1. The number of hydrogen-bond acceptors (Lipinski definition) is 3. The molecule has 0 saturated carbocycles. The lowest BCUT2D eigenvalue weighted by Crippen LogP contribution is -2.49. The van der Waals surface area contributed by atoms with Crippen LogP contribution in [0.5, 0.6) is 0 Å². The van der Waals surface area contributed by atoms with Crippen molar-refractivity contribution in [3.05, 3.63) is 41.8 Å². The van der Waals surface area contributed by atoms with Crippen molar-refractivity contribution in [2.75, 3.05) is 0 Å². The number of aliphatic carboxylic acids is 1. The highest BCUT2D eigenvalue weighted by molar-refractivity contribution is 6.05. The minimum atomic E-state index is -0.990. The van der Waals surface area contributed by atoms with Crippen molar-refractivity contribution >= 4 is 22.8 Å². The molecule has 5 nitrogen and oxygen atoms in total. The van der Waals surface area contributed by atoms with Crippen molar-refractivity contribution in [1.29, 1.82) is 0 Å². The Morgan fingerprint density at radius 2 is 2.00 bits per heavy atom. The third-order valence-corrected chi connectivity index (χ3v) is 4.14. The Morgan fingerprint density at radius 3 is 2.61 bits per heavy atom. The maximum Gasteiger partial charge on any atom is 0.305 e. The number of rotatable bonds is 6. The van der Waals surface area contributed by atoms with Crippen molar-refractivity contribution in [2.45, 2.75) is 38.6 Å². The zero-order valence-corrected chi connectivity index (χ0v) is 13.1. The van der Waals surface area contributed by atoms with Crippen LogP contribution < -0.4 is 5.32 Å². The third-order valence-electron chi connectivity index (χ3n) is 4.14. The maximum atomic E-state index is 13.8. The van der Waals surface area contributed by atoms with E-state index in [1.165, 1.54) is 12.3 Å². The van der Waals surface area contributed by atoms with E-state index in [1.54, 1.807) is 12.1 Å². The molecule has 0 aliphatic carbocycles. The molecule has 1 aromatic heterocycles. The maximum absolute atomic E-state index is 13.8. The molecule has 1 aromatic carbocycles. The molecule has 0 unspecified atom stereocenters. The van der Waals surface area contributed by atoms with E-state index >= 15 is 0 Å². The van der Waals surface area contributed by atoms with Crippen LogP contribution in [-0.4, -0.2) is 27.5 Å². The van der Waals surface area contributed by atoms with Gasteiger partial charge in [-0.2, -0.15) is 0 Å². The van der Waals surface area contributed by atoms with Gasteiger partial charge in [-0.05, 0) is 31.0 Å². The van der Waals surface area contributed by atoms with E-state index in [-0.39, 0.29) is 12.0 Å². The SMILES string of the molecule is CCC(CC)(CC(=O)O)NC(=O)c1cc(F)cc2cccnc12. The molecule has 2 rings (SSSR count). The average Bonchev–Trinajstić information content (AvgIpc) is 2.52. The summed E-state index contributed by atoms with van der Waals surface area (Å²) >= 11 is 0. The number of benzene rings is 1. The van der Waals surface area contributed by atoms with E-state index in [9.17, 15) is 14.0 Å². The van der Waals surface area contributed by atoms with Crippen molar-refractivity contribution < 1.29 is 19.1 Å². The van der Waals surface area contributed by atoms with Gasteiger partial charge in [-0.25, -0.2) is 4.39 Å². The van der Waals surface area contributed by atoms with Gasteiger partial charge in [-0.1, -0.05) is 19.9 Å². The van der Waals surface area contributed by atoms with Crippen LogP contribution in [0.15, 0.2) is 30.5 Å². The summed E-state index contributed by atoms with van der Waals surface area (Å²) in [7, 11) is 0. The number of nitrogens with zero attached hydrogens (tertiary/aromatic N) is 1. The summed E-state index contributed by atoms with van der Waals surface area (Å²) in [6.07, 6.45) is 2.26. The molecule has 2 aromatic rings. The van der Waals surface area contributed by atoms with E-state index < -0.39 is 23.2 Å². The number of carboxylic acid groups (broad SMARTS) is 1. The second-order valence-corrected chi connectivity index (χ2v) is 5.54. The topological polar surface area (TPSA) is 79.3 Å². The molecule has 1 heterocycles. The highest BCUT2D eigenvalue weighted by Crippen LogP contribution is 2.23. The number of halogens is 1. The number of aromatic nitrogens is 1. The minimum Gasteiger partial charge on any atom is -0.481 e. The second-order valence-electron chi connectivity index (χ2n) is 5.54. The Balaban J connectivity index is 2.42. The number of pyridine rings is 1. The van der Waals surface area contributed by atoms with Crippen molar-refractivity contribution in [1.82, 2.24) is 10.3 Å². The first kappa shape index (κ1) is 16.9. The Kier molecular flexibility index (Phi) is 4.93. The summed E-state index contributed by atoms with van der Waals surface area (Å²) in [5, 5.41) is 12.4. The van der Waals surface area contributed by atoms with E-state index in [0.29, 0.717) is 23.7 Å². The molecule has 6 heteroatoms. The molecular formula is C17H19FN2O3. The molecule has 1 amide bonds. The normalized spacial score (nSPS) is 11.4. The molecule has 0 saturated heterocycles. The van der Waals surface area contributed by atoms with Gasteiger partial charge in [0.05, 0.1) is 23.0 Å². The summed E-state index contributed by atoms with van der Waals surface area (Å²) in [6.45, 7) is 3.63. The van der Waals surface area contributed by atoms with Gasteiger partial charge in [0.15, 0.2) is 0 Å². The fourth-order valence-electron chi connectivity index (χ4n) is 2.65. The van der Waals surface area contributed by atoms with Crippen LogP contribution in [0, 0.1) is 5.82 Å². The zero-order chi connectivity index (χ0) is 17.0. The number of nitrogens with one attached hydrogen (secondary N) is 1. The molecule has 0 aliphatic rings. The molecule has 0 radical (unpaired) electrons. The summed E-state index contributed by atoms with van der Waals surface area (Å²) in [4.78, 5) is 27.9.